The molecule has 15 nitrogen and oxygen atoms in total. The van der Waals surface area contributed by atoms with Gasteiger partial charge in [-0.25, -0.2) is 8.42 Å². The largest absolute Gasteiger partial charge is 0.748 e. The molecule has 3 heterocycles. The molecule has 4 aromatic rings. The summed E-state index contributed by atoms with van der Waals surface area (Å²) < 4.78 is 105. The van der Waals surface area contributed by atoms with Gasteiger partial charge < -0.3 is 19.7 Å². The van der Waals surface area contributed by atoms with E-state index in [9.17, 15) is 48.5 Å². The number of rotatable bonds is 17. The Balaban J connectivity index is 1.04. The standard InChI is InChI=1S/C50H54N4O11S3/c1-49(2)40-32-38(67(60,61)62)23-25-43(40)52(45(49)18-12-19-46-50(3,4)41-33-39(68(63,64)65)24-26-44(41)53(46)30-13-31-66(57,58)59)29-11-5-6-20-47(55)51-28-27-48(56)54-34-37-16-8-7-14-35(37)21-22-36-15-9-10-17-42(36)54/h7-10,12,14-19,23-26,32-33H,5-6,11,13,20,27-31,34H2,1-4H3,(H3-,51,55,57,58,59,60,61,62,63,64,65). The first-order valence-corrected chi connectivity index (χ1v) is 26.7. The summed E-state index contributed by atoms with van der Waals surface area (Å²) in [5.74, 6) is 5.49. The molecule has 0 saturated carbocycles. The smallest absolute Gasteiger partial charge is 0.294 e. The fourth-order valence-corrected chi connectivity index (χ4v) is 10.7. The highest BCUT2D eigenvalue weighted by Gasteiger charge is 2.45. The number of hydrogen-bond acceptors (Lipinski definition) is 10. The van der Waals surface area contributed by atoms with Crippen molar-refractivity contribution < 1.29 is 53.1 Å². The van der Waals surface area contributed by atoms with Crippen molar-refractivity contribution in [3.8, 4) is 11.8 Å². The SMILES string of the molecule is CC1(C)C(/C=C/C=C2\N(CCCCCC(=O)NCCC(=O)N3Cc4ccccc4C#Cc4ccccc43)c3ccc(S(=O)(=O)O)cc3C2(C)C)=[N+](CCCS(=O)(=O)[O-])c2ccc(S(=O)(=O)O)cc21. The first-order chi connectivity index (χ1) is 32.0. The van der Waals surface area contributed by atoms with Crippen LogP contribution < -0.4 is 15.1 Å². The number of nitrogens with zero attached hydrogens (tertiary/aromatic N) is 3. The highest BCUT2D eigenvalue weighted by Crippen LogP contribution is 2.49. The Morgan fingerprint density at radius 2 is 1.41 bits per heavy atom. The van der Waals surface area contributed by atoms with E-state index in [1.54, 1.807) is 17.0 Å². The Hall–Kier alpha value is -5.94. The quantitative estimate of drug-likeness (QED) is 0.0433. The molecule has 18 heteroatoms. The zero-order chi connectivity index (χ0) is 49.2. The minimum Gasteiger partial charge on any atom is -0.748 e. The third-order valence-electron chi connectivity index (χ3n) is 12.7. The lowest BCUT2D eigenvalue weighted by molar-refractivity contribution is -0.437. The summed E-state index contributed by atoms with van der Waals surface area (Å²) in [6.45, 7) is 8.73. The van der Waals surface area contributed by atoms with E-state index in [0.29, 0.717) is 54.9 Å². The molecule has 3 N–H and O–H groups in total. The number of unbranched alkanes of at least 4 members (excludes halogenated alkanes) is 2. The second-order valence-electron chi connectivity index (χ2n) is 18.1. The molecule has 0 unspecified atom stereocenters. The second-order valence-corrected chi connectivity index (χ2v) is 22.5. The molecule has 3 aliphatic rings. The van der Waals surface area contributed by atoms with E-state index in [1.165, 1.54) is 30.3 Å². The normalized spacial score (nSPS) is 16.7. The van der Waals surface area contributed by atoms with Crippen molar-refractivity contribution in [3.05, 3.63) is 137 Å². The molecule has 0 aromatic heterocycles. The van der Waals surface area contributed by atoms with Crippen LogP contribution in [0.1, 0.15) is 94.0 Å². The maximum atomic E-state index is 13.6. The van der Waals surface area contributed by atoms with E-state index in [-0.39, 0.29) is 54.0 Å². The number of carbonyl (C=O) groups excluding carboxylic acids is 2. The fraction of sp³-hybridized carbons (Fsp3) is 0.340. The van der Waals surface area contributed by atoms with Crippen molar-refractivity contribution in [3.63, 3.8) is 0 Å². The van der Waals surface area contributed by atoms with Gasteiger partial charge in [0, 0.05) is 83.7 Å². The molecule has 7 rings (SSSR count). The monoisotopic (exact) mass is 982 g/mol. The van der Waals surface area contributed by atoms with Crippen LogP contribution in [-0.2, 0) is 57.3 Å². The summed E-state index contributed by atoms with van der Waals surface area (Å²) in [6, 6.07) is 23.9. The molecule has 0 saturated heterocycles. The molecular weight excluding hydrogens is 929 g/mol. The minimum atomic E-state index is -4.54. The van der Waals surface area contributed by atoms with Crippen LogP contribution in [0.4, 0.5) is 17.1 Å². The van der Waals surface area contributed by atoms with E-state index in [2.05, 4.69) is 22.1 Å². The van der Waals surface area contributed by atoms with Gasteiger partial charge >= 0.3 is 0 Å². The van der Waals surface area contributed by atoms with Crippen LogP contribution in [0.5, 0.6) is 0 Å². The van der Waals surface area contributed by atoms with Crippen LogP contribution >= 0.6 is 0 Å². The van der Waals surface area contributed by atoms with Crippen molar-refractivity contribution >= 4 is 64.9 Å². The molecule has 4 aromatic carbocycles. The number of fused-ring (bicyclic) bond motifs is 4. The summed E-state index contributed by atoms with van der Waals surface area (Å²) in [4.78, 5) is 29.8. The van der Waals surface area contributed by atoms with Gasteiger partial charge in [-0.2, -0.15) is 21.4 Å². The zero-order valence-electron chi connectivity index (χ0n) is 38.2. The van der Waals surface area contributed by atoms with Gasteiger partial charge in [-0.3, -0.25) is 18.7 Å². The first kappa shape index (κ1) is 50.0. The molecule has 0 spiro atoms. The predicted molar refractivity (Wildman–Crippen MR) is 258 cm³/mol. The maximum Gasteiger partial charge on any atom is 0.294 e. The first-order valence-electron chi connectivity index (χ1n) is 22.2. The lowest BCUT2D eigenvalue weighted by Gasteiger charge is -2.27. The highest BCUT2D eigenvalue weighted by molar-refractivity contribution is 7.86. The van der Waals surface area contributed by atoms with Crippen molar-refractivity contribution in [2.45, 2.75) is 93.4 Å². The maximum absolute atomic E-state index is 13.6. The average Bonchev–Trinajstić information content (AvgIpc) is 3.60. The Kier molecular flexibility index (Phi) is 14.4. The van der Waals surface area contributed by atoms with E-state index in [0.717, 1.165) is 33.8 Å². The Labute approximate surface area is 398 Å². The van der Waals surface area contributed by atoms with Crippen molar-refractivity contribution in [1.29, 1.82) is 0 Å². The lowest BCUT2D eigenvalue weighted by Crippen LogP contribution is -2.35. The van der Waals surface area contributed by atoms with Gasteiger partial charge in [0.25, 0.3) is 20.2 Å². The summed E-state index contributed by atoms with van der Waals surface area (Å²) >= 11 is 0. The number of hydrogen-bond donors (Lipinski definition) is 3. The van der Waals surface area contributed by atoms with Gasteiger partial charge in [0.1, 0.15) is 6.54 Å². The topological polar surface area (TPSA) is 222 Å². The predicted octanol–water partition coefficient (Wildman–Crippen LogP) is 6.74. The van der Waals surface area contributed by atoms with Crippen LogP contribution in [0.3, 0.4) is 0 Å². The van der Waals surface area contributed by atoms with Crippen LogP contribution in [0, 0.1) is 11.8 Å². The number of anilines is 2. The summed E-state index contributed by atoms with van der Waals surface area (Å²) in [7, 11) is -13.6. The Morgan fingerprint density at radius 1 is 0.765 bits per heavy atom. The van der Waals surface area contributed by atoms with Crippen LogP contribution in [-0.4, -0.2) is 86.4 Å². The number of carbonyl (C=O) groups is 2. The van der Waals surface area contributed by atoms with E-state index < -0.39 is 46.9 Å². The molecule has 0 bridgehead atoms. The highest BCUT2D eigenvalue weighted by atomic mass is 32.2. The molecule has 0 radical (unpaired) electrons. The number of nitrogens with one attached hydrogen (secondary N) is 1. The van der Waals surface area contributed by atoms with E-state index >= 15 is 0 Å². The summed E-state index contributed by atoms with van der Waals surface area (Å²) in [5, 5.41) is 2.90. The van der Waals surface area contributed by atoms with Crippen molar-refractivity contribution in [2.24, 2.45) is 0 Å². The van der Waals surface area contributed by atoms with Crippen LogP contribution in [0.25, 0.3) is 0 Å². The molecule has 0 fully saturated rings. The molecule has 0 aliphatic carbocycles. The molecule has 2 amide bonds. The molecule has 358 valence electrons. The number of benzene rings is 4. The van der Waals surface area contributed by atoms with Crippen molar-refractivity contribution in [1.82, 2.24) is 5.32 Å². The van der Waals surface area contributed by atoms with E-state index in [4.69, 9.17) is 0 Å². The minimum absolute atomic E-state index is 0.00621. The van der Waals surface area contributed by atoms with Gasteiger partial charge in [-0.1, -0.05) is 68.5 Å². The molecular formula is C50H54N4O11S3. The van der Waals surface area contributed by atoms with Gasteiger partial charge in [0.2, 0.25) is 17.5 Å². The van der Waals surface area contributed by atoms with Gasteiger partial charge in [0.15, 0.2) is 5.71 Å². The fourth-order valence-electron chi connectivity index (χ4n) is 9.21. The second kappa shape index (κ2) is 19.6. The molecule has 68 heavy (non-hydrogen) atoms. The van der Waals surface area contributed by atoms with Gasteiger partial charge in [-0.05, 0) is 92.4 Å². The average molecular weight is 983 g/mol. The zero-order valence-corrected chi connectivity index (χ0v) is 40.7. The van der Waals surface area contributed by atoms with Crippen LogP contribution in [0.15, 0.2) is 119 Å². The third kappa shape index (κ3) is 11.0. The number of amides is 2. The summed E-state index contributed by atoms with van der Waals surface area (Å²) in [5.41, 5.74) is 5.67. The molecule has 0 atom stereocenters. The summed E-state index contributed by atoms with van der Waals surface area (Å²) in [6.07, 6.45) is 7.73. The molecule has 3 aliphatic heterocycles. The van der Waals surface area contributed by atoms with Gasteiger partial charge in [-0.15, -0.1) is 0 Å². The third-order valence-corrected chi connectivity index (χ3v) is 15.2. The van der Waals surface area contributed by atoms with Crippen LogP contribution in [0.2, 0.25) is 0 Å². The van der Waals surface area contributed by atoms with E-state index in [1.807, 2.05) is 93.0 Å². The number of allylic oxidation sites excluding steroid dienone is 4. The van der Waals surface area contributed by atoms with Crippen molar-refractivity contribution in [2.75, 3.05) is 35.2 Å². The Bertz CT molecular complexity index is 3180. The number of para-hydroxylation sites is 1. The van der Waals surface area contributed by atoms with Gasteiger partial charge in [0.05, 0.1) is 37.6 Å². The Morgan fingerprint density at radius 3 is 2.12 bits per heavy atom. The lowest BCUT2D eigenvalue weighted by atomic mass is 9.81.